The zero-order chi connectivity index (χ0) is 19.6. The molecule has 7 nitrogen and oxygen atoms in total. The molecule has 27 heavy (non-hydrogen) atoms. The molecule has 0 spiro atoms. The van der Waals surface area contributed by atoms with Crippen LogP contribution in [0.2, 0.25) is 0 Å². The van der Waals surface area contributed by atoms with E-state index in [0.717, 1.165) is 6.07 Å². The second kappa shape index (κ2) is 7.49. The van der Waals surface area contributed by atoms with Crippen molar-refractivity contribution in [3.63, 3.8) is 0 Å². The van der Waals surface area contributed by atoms with Crippen LogP contribution < -0.4 is 16.2 Å². The second-order valence-electron chi connectivity index (χ2n) is 6.21. The van der Waals surface area contributed by atoms with Crippen LogP contribution in [0.15, 0.2) is 30.6 Å². The van der Waals surface area contributed by atoms with Gasteiger partial charge in [0.2, 0.25) is 5.88 Å². The van der Waals surface area contributed by atoms with Gasteiger partial charge < -0.3 is 21.1 Å². The number of carbonyl (C=O) groups is 1. The summed E-state index contributed by atoms with van der Waals surface area (Å²) in [5, 5.41) is 0. The van der Waals surface area contributed by atoms with Crippen molar-refractivity contribution in [2.24, 2.45) is 11.5 Å². The summed E-state index contributed by atoms with van der Waals surface area (Å²) in [5.74, 6) is -0.445. The molecular formula is C17H18F3N5O2. The normalized spacial score (nSPS) is 17.2. The van der Waals surface area contributed by atoms with Gasteiger partial charge in [-0.15, -0.1) is 0 Å². The molecule has 1 amide bonds. The highest BCUT2D eigenvalue weighted by Gasteiger charge is 2.33. The molecule has 1 aliphatic rings. The van der Waals surface area contributed by atoms with Crippen LogP contribution in [0.4, 0.5) is 13.2 Å². The third-order valence-corrected chi connectivity index (χ3v) is 4.08. The average molecular weight is 381 g/mol. The molecule has 3 heterocycles. The quantitative estimate of drug-likeness (QED) is 0.838. The van der Waals surface area contributed by atoms with Crippen LogP contribution in [0.3, 0.4) is 0 Å². The molecule has 0 saturated carbocycles. The molecule has 0 unspecified atom stereocenters. The number of hydrogen-bond donors (Lipinski definition) is 2. The van der Waals surface area contributed by atoms with Gasteiger partial charge in [-0.3, -0.25) is 9.78 Å². The molecule has 0 radical (unpaired) electrons. The lowest BCUT2D eigenvalue weighted by Crippen LogP contribution is -2.31. The number of likely N-dealkylation sites (tertiary alicyclic amines) is 1. The molecule has 2 aromatic heterocycles. The number of halogens is 3. The van der Waals surface area contributed by atoms with E-state index < -0.39 is 11.9 Å². The van der Waals surface area contributed by atoms with Gasteiger partial charge in [-0.2, -0.15) is 13.2 Å². The number of carbonyl (C=O) groups excluding carboxylic acids is 1. The summed E-state index contributed by atoms with van der Waals surface area (Å²) < 4.78 is 44.3. The van der Waals surface area contributed by atoms with Crippen LogP contribution in [0, 0.1) is 0 Å². The fourth-order valence-corrected chi connectivity index (χ4v) is 2.74. The van der Waals surface area contributed by atoms with E-state index in [-0.39, 0.29) is 41.3 Å². The fraction of sp³-hybridized carbons (Fsp3) is 0.353. The van der Waals surface area contributed by atoms with Crippen molar-refractivity contribution in [1.29, 1.82) is 0 Å². The second-order valence-corrected chi connectivity index (χ2v) is 6.21. The Morgan fingerprint density at radius 2 is 2.07 bits per heavy atom. The highest BCUT2D eigenvalue weighted by molar-refractivity contribution is 5.94. The Morgan fingerprint density at radius 1 is 1.30 bits per heavy atom. The van der Waals surface area contributed by atoms with Crippen LogP contribution in [0.1, 0.15) is 28.0 Å². The number of rotatable bonds is 4. The summed E-state index contributed by atoms with van der Waals surface area (Å²) in [5.41, 5.74) is 10.6. The predicted octanol–water partition coefficient (Wildman–Crippen LogP) is 1.92. The minimum Gasteiger partial charge on any atom is -0.437 e. The molecule has 0 aliphatic carbocycles. The molecule has 2 aromatic rings. The minimum absolute atomic E-state index is 0.0645. The maximum absolute atomic E-state index is 13.0. The fourth-order valence-electron chi connectivity index (χ4n) is 2.74. The molecular weight excluding hydrogens is 363 g/mol. The summed E-state index contributed by atoms with van der Waals surface area (Å²) >= 11 is 0. The van der Waals surface area contributed by atoms with E-state index in [2.05, 4.69) is 9.97 Å². The van der Waals surface area contributed by atoms with E-state index in [1.54, 1.807) is 4.90 Å². The van der Waals surface area contributed by atoms with E-state index in [0.29, 0.717) is 19.5 Å². The maximum atomic E-state index is 13.0. The molecule has 3 rings (SSSR count). The van der Waals surface area contributed by atoms with Gasteiger partial charge in [-0.1, -0.05) is 0 Å². The summed E-state index contributed by atoms with van der Waals surface area (Å²) in [6, 6.07) is 3.51. The molecule has 10 heteroatoms. The lowest BCUT2D eigenvalue weighted by atomic mass is 10.2. The zero-order valence-electron chi connectivity index (χ0n) is 14.2. The predicted molar refractivity (Wildman–Crippen MR) is 89.9 cm³/mol. The Hall–Kier alpha value is -2.72. The van der Waals surface area contributed by atoms with Crippen molar-refractivity contribution in [1.82, 2.24) is 14.9 Å². The van der Waals surface area contributed by atoms with Gasteiger partial charge in [0.25, 0.3) is 5.91 Å². The van der Waals surface area contributed by atoms with Gasteiger partial charge in [-0.05, 0) is 24.1 Å². The summed E-state index contributed by atoms with van der Waals surface area (Å²) in [6.07, 6.45) is -1.26. The topological polar surface area (TPSA) is 107 Å². The highest BCUT2D eigenvalue weighted by Crippen LogP contribution is 2.31. The third kappa shape index (κ3) is 4.52. The van der Waals surface area contributed by atoms with Crippen LogP contribution in [0.5, 0.6) is 11.6 Å². The van der Waals surface area contributed by atoms with Crippen molar-refractivity contribution in [2.75, 3.05) is 13.1 Å². The van der Waals surface area contributed by atoms with Gasteiger partial charge in [0.1, 0.15) is 11.4 Å². The Balaban J connectivity index is 1.83. The third-order valence-electron chi connectivity index (χ3n) is 4.08. The van der Waals surface area contributed by atoms with Gasteiger partial charge in [0.05, 0.1) is 11.8 Å². The minimum atomic E-state index is -4.63. The van der Waals surface area contributed by atoms with Crippen LogP contribution >= 0.6 is 0 Å². The van der Waals surface area contributed by atoms with E-state index in [1.807, 2.05) is 0 Å². The summed E-state index contributed by atoms with van der Waals surface area (Å²) in [4.78, 5) is 21.5. The van der Waals surface area contributed by atoms with Crippen molar-refractivity contribution in [3.8, 4) is 11.6 Å². The number of nitrogens with zero attached hydrogens (tertiary/aromatic N) is 3. The summed E-state index contributed by atoms with van der Waals surface area (Å²) in [6.45, 7) is 0.882. The van der Waals surface area contributed by atoms with Crippen molar-refractivity contribution in [2.45, 2.75) is 25.2 Å². The molecule has 4 N–H and O–H groups in total. The molecule has 1 saturated heterocycles. The number of aromatic nitrogens is 2. The number of hydrogen-bond acceptors (Lipinski definition) is 6. The van der Waals surface area contributed by atoms with Crippen molar-refractivity contribution < 1.29 is 22.7 Å². The van der Waals surface area contributed by atoms with Crippen molar-refractivity contribution >= 4 is 5.91 Å². The number of amides is 1. The Morgan fingerprint density at radius 3 is 2.70 bits per heavy atom. The molecule has 1 aliphatic heterocycles. The largest absolute Gasteiger partial charge is 0.437 e. The molecule has 0 aromatic carbocycles. The molecule has 1 fully saturated rings. The first kappa shape index (κ1) is 19.1. The zero-order valence-corrected chi connectivity index (χ0v) is 14.2. The van der Waals surface area contributed by atoms with E-state index in [1.165, 1.54) is 24.5 Å². The number of nitrogens with two attached hydrogens (primary N) is 2. The first-order valence-corrected chi connectivity index (χ1v) is 8.22. The van der Waals surface area contributed by atoms with Gasteiger partial charge >= 0.3 is 6.18 Å². The molecule has 1 atom stereocenters. The smallest absolute Gasteiger partial charge is 0.433 e. The van der Waals surface area contributed by atoms with E-state index in [9.17, 15) is 18.0 Å². The summed E-state index contributed by atoms with van der Waals surface area (Å²) in [7, 11) is 0. The van der Waals surface area contributed by atoms with Crippen LogP contribution in [0.25, 0.3) is 0 Å². The lowest BCUT2D eigenvalue weighted by molar-refractivity contribution is -0.141. The Labute approximate surface area is 153 Å². The average Bonchev–Trinajstić information content (AvgIpc) is 3.06. The van der Waals surface area contributed by atoms with E-state index in [4.69, 9.17) is 16.2 Å². The van der Waals surface area contributed by atoms with E-state index >= 15 is 0 Å². The SMILES string of the molecule is NCc1cc(Oc2cncc(C(=O)N3CC[C@@H](N)C3)c2)nc(C(F)(F)F)c1. The highest BCUT2D eigenvalue weighted by atomic mass is 19.4. The first-order chi connectivity index (χ1) is 12.8. The first-order valence-electron chi connectivity index (χ1n) is 8.22. The molecule has 144 valence electrons. The van der Waals surface area contributed by atoms with Gasteiger partial charge in [0.15, 0.2) is 0 Å². The molecule has 0 bridgehead atoms. The van der Waals surface area contributed by atoms with Gasteiger partial charge in [0, 0.05) is 37.9 Å². The monoisotopic (exact) mass is 381 g/mol. The Kier molecular flexibility index (Phi) is 5.29. The number of ether oxygens (including phenoxy) is 1. The van der Waals surface area contributed by atoms with Gasteiger partial charge in [-0.25, -0.2) is 4.98 Å². The maximum Gasteiger partial charge on any atom is 0.433 e. The van der Waals surface area contributed by atoms with Crippen molar-refractivity contribution in [3.05, 3.63) is 47.4 Å². The standard InChI is InChI=1S/C17H18F3N5O2/c18-17(19,20)14-3-10(6-21)4-15(24-14)27-13-5-11(7-23-8-13)16(26)25-2-1-12(22)9-25/h3-5,7-8,12H,1-2,6,9,21-22H2/t12-/m1/s1. The Bertz CT molecular complexity index is 844. The van der Waals surface area contributed by atoms with Crippen LogP contribution in [-0.4, -0.2) is 39.9 Å². The lowest BCUT2D eigenvalue weighted by Gasteiger charge is -2.16. The number of pyridine rings is 2. The number of alkyl halides is 3. The van der Waals surface area contributed by atoms with Crippen LogP contribution in [-0.2, 0) is 12.7 Å².